The quantitative estimate of drug-likeness (QED) is 0.738. The minimum absolute atomic E-state index is 0.0173. The fourth-order valence-corrected chi connectivity index (χ4v) is 4.22. The molecule has 28 heavy (non-hydrogen) atoms. The van der Waals surface area contributed by atoms with Gasteiger partial charge in [-0.25, -0.2) is 4.99 Å². The minimum atomic E-state index is -0.0173. The first kappa shape index (κ1) is 18.8. The Kier molecular flexibility index (Phi) is 5.50. The summed E-state index contributed by atoms with van der Waals surface area (Å²) in [5.41, 5.74) is 4.26. The Bertz CT molecular complexity index is 934. The van der Waals surface area contributed by atoms with E-state index < -0.39 is 0 Å². The summed E-state index contributed by atoms with van der Waals surface area (Å²) in [5, 5.41) is 0.699. The summed E-state index contributed by atoms with van der Waals surface area (Å²) in [6.45, 7) is 5.46. The van der Waals surface area contributed by atoms with Crippen molar-refractivity contribution in [1.82, 2.24) is 4.90 Å². The number of ether oxygens (including phenoxy) is 1. The van der Waals surface area contributed by atoms with E-state index in [0.717, 1.165) is 43.1 Å². The zero-order valence-corrected chi connectivity index (χ0v) is 16.9. The number of anilines is 1. The highest BCUT2D eigenvalue weighted by Crippen LogP contribution is 2.34. The van der Waals surface area contributed by atoms with Gasteiger partial charge < -0.3 is 9.64 Å². The zero-order chi connectivity index (χ0) is 19.5. The van der Waals surface area contributed by atoms with Gasteiger partial charge in [-0.2, -0.15) is 0 Å². The predicted molar refractivity (Wildman–Crippen MR) is 116 cm³/mol. The van der Waals surface area contributed by atoms with Gasteiger partial charge in [0.25, 0.3) is 5.91 Å². The molecule has 2 aliphatic heterocycles. The van der Waals surface area contributed by atoms with Crippen LogP contribution in [0.1, 0.15) is 11.1 Å². The Balaban J connectivity index is 1.57. The molecule has 144 valence electrons. The molecule has 2 aromatic carbocycles. The lowest BCUT2D eigenvalue weighted by atomic mass is 10.1. The third kappa shape index (κ3) is 3.98. The molecule has 0 spiro atoms. The van der Waals surface area contributed by atoms with E-state index in [1.165, 1.54) is 17.4 Å². The molecular weight excluding hydrogens is 370 g/mol. The average molecular weight is 394 g/mol. The highest BCUT2D eigenvalue weighted by atomic mass is 32.2. The molecule has 0 N–H and O–H groups in total. The molecular formula is C22H23N3O2S. The summed E-state index contributed by atoms with van der Waals surface area (Å²) in [4.78, 5) is 21.9. The van der Waals surface area contributed by atoms with Crippen LogP contribution in [0.5, 0.6) is 0 Å². The summed E-state index contributed by atoms with van der Waals surface area (Å²) in [6, 6.07) is 16.1. The van der Waals surface area contributed by atoms with Crippen molar-refractivity contribution in [2.24, 2.45) is 4.99 Å². The molecule has 2 heterocycles. The molecule has 0 radical (unpaired) electrons. The molecule has 0 aliphatic carbocycles. The van der Waals surface area contributed by atoms with Gasteiger partial charge in [-0.15, -0.1) is 0 Å². The van der Waals surface area contributed by atoms with Gasteiger partial charge in [0.15, 0.2) is 5.17 Å². The van der Waals surface area contributed by atoms with Crippen LogP contribution in [0.3, 0.4) is 0 Å². The van der Waals surface area contributed by atoms with Gasteiger partial charge >= 0.3 is 0 Å². The highest BCUT2D eigenvalue weighted by molar-refractivity contribution is 8.18. The van der Waals surface area contributed by atoms with E-state index in [1.807, 2.05) is 36.4 Å². The topological polar surface area (TPSA) is 45.1 Å². The van der Waals surface area contributed by atoms with Crippen LogP contribution in [0.25, 0.3) is 6.08 Å². The van der Waals surface area contributed by atoms with Gasteiger partial charge in [-0.1, -0.05) is 24.3 Å². The molecule has 0 atom stereocenters. The van der Waals surface area contributed by atoms with Gasteiger partial charge in [0.2, 0.25) is 0 Å². The normalized spacial score (nSPS) is 20.4. The number of hydrogen-bond acceptors (Lipinski definition) is 5. The Morgan fingerprint density at radius 3 is 2.57 bits per heavy atom. The largest absolute Gasteiger partial charge is 0.378 e. The second-order valence-corrected chi connectivity index (χ2v) is 7.85. The molecule has 1 amide bonds. The SMILES string of the molecule is Cc1cc(N2CCOCC2)ccc1/C=C1\SC(=Nc2ccccc2)N(C)C1=O. The lowest BCUT2D eigenvalue weighted by Gasteiger charge is -2.29. The molecule has 6 heteroatoms. The van der Waals surface area contributed by atoms with Crippen LogP contribution in [0.2, 0.25) is 0 Å². The smallest absolute Gasteiger partial charge is 0.266 e. The molecule has 0 saturated carbocycles. The van der Waals surface area contributed by atoms with Gasteiger partial charge in [0.1, 0.15) is 0 Å². The van der Waals surface area contributed by atoms with Gasteiger partial charge in [0.05, 0.1) is 23.8 Å². The van der Waals surface area contributed by atoms with Crippen molar-refractivity contribution >= 4 is 40.3 Å². The molecule has 2 saturated heterocycles. The van der Waals surface area contributed by atoms with Gasteiger partial charge in [0, 0.05) is 25.8 Å². The molecule has 2 fully saturated rings. The van der Waals surface area contributed by atoms with Crippen molar-refractivity contribution in [1.29, 1.82) is 0 Å². The first-order valence-electron chi connectivity index (χ1n) is 9.36. The minimum Gasteiger partial charge on any atom is -0.378 e. The summed E-state index contributed by atoms with van der Waals surface area (Å²) < 4.78 is 5.43. The number of morpholine rings is 1. The summed E-state index contributed by atoms with van der Waals surface area (Å²) in [7, 11) is 1.77. The van der Waals surface area contributed by atoms with E-state index in [-0.39, 0.29) is 5.91 Å². The maximum atomic E-state index is 12.7. The molecule has 5 nitrogen and oxygen atoms in total. The standard InChI is InChI=1S/C22H23N3O2S/c1-16-14-19(25-10-12-27-13-11-25)9-8-17(16)15-20-21(26)24(2)22(28-20)23-18-6-4-3-5-7-18/h3-9,14-15H,10-13H2,1-2H3/b20-15-,23-22?. The maximum Gasteiger partial charge on any atom is 0.266 e. The third-order valence-corrected chi connectivity index (χ3v) is 5.96. The van der Waals surface area contributed by atoms with Crippen molar-refractivity contribution in [3.63, 3.8) is 0 Å². The Morgan fingerprint density at radius 2 is 1.86 bits per heavy atom. The molecule has 2 aromatic rings. The first-order chi connectivity index (χ1) is 13.6. The number of amidine groups is 1. The number of para-hydroxylation sites is 1. The van der Waals surface area contributed by atoms with Crippen molar-refractivity contribution in [3.8, 4) is 0 Å². The van der Waals surface area contributed by atoms with Crippen LogP contribution in [0, 0.1) is 6.92 Å². The third-order valence-electron chi connectivity index (χ3n) is 4.90. The molecule has 4 rings (SSSR count). The second kappa shape index (κ2) is 8.20. The highest BCUT2D eigenvalue weighted by Gasteiger charge is 2.30. The Morgan fingerprint density at radius 1 is 1.11 bits per heavy atom. The van der Waals surface area contributed by atoms with Crippen LogP contribution < -0.4 is 4.90 Å². The predicted octanol–water partition coefficient (Wildman–Crippen LogP) is 4.07. The van der Waals surface area contributed by atoms with E-state index in [4.69, 9.17) is 4.74 Å². The molecule has 2 aliphatic rings. The number of aliphatic imine (C=N–C) groups is 1. The van der Waals surface area contributed by atoms with Crippen LogP contribution in [-0.2, 0) is 9.53 Å². The lowest BCUT2D eigenvalue weighted by Crippen LogP contribution is -2.36. The lowest BCUT2D eigenvalue weighted by molar-refractivity contribution is -0.121. The van der Waals surface area contributed by atoms with E-state index in [2.05, 4.69) is 35.0 Å². The Hall–Kier alpha value is -2.57. The van der Waals surface area contributed by atoms with E-state index >= 15 is 0 Å². The molecule has 0 unspecified atom stereocenters. The van der Waals surface area contributed by atoms with Crippen molar-refractivity contribution < 1.29 is 9.53 Å². The summed E-state index contributed by atoms with van der Waals surface area (Å²) >= 11 is 1.42. The number of carbonyl (C=O) groups excluding carboxylic acids is 1. The van der Waals surface area contributed by atoms with Crippen molar-refractivity contribution in [2.45, 2.75) is 6.92 Å². The first-order valence-corrected chi connectivity index (χ1v) is 10.2. The van der Waals surface area contributed by atoms with Crippen LogP contribution in [0.4, 0.5) is 11.4 Å². The van der Waals surface area contributed by atoms with Crippen molar-refractivity contribution in [2.75, 3.05) is 38.3 Å². The number of aryl methyl sites for hydroxylation is 1. The van der Waals surface area contributed by atoms with Crippen molar-refractivity contribution in [3.05, 3.63) is 64.6 Å². The van der Waals surface area contributed by atoms with Gasteiger partial charge in [-0.3, -0.25) is 9.69 Å². The summed E-state index contributed by atoms with van der Waals surface area (Å²) in [5.74, 6) is -0.0173. The maximum absolute atomic E-state index is 12.7. The number of carbonyl (C=O) groups is 1. The van der Waals surface area contributed by atoms with Crippen LogP contribution in [-0.4, -0.2) is 49.3 Å². The van der Waals surface area contributed by atoms with Crippen LogP contribution in [0.15, 0.2) is 58.4 Å². The fourth-order valence-electron chi connectivity index (χ4n) is 3.25. The van der Waals surface area contributed by atoms with E-state index in [9.17, 15) is 4.79 Å². The average Bonchev–Trinajstić information content (AvgIpc) is 2.99. The fraction of sp³-hybridized carbons (Fsp3) is 0.273. The molecule has 0 aromatic heterocycles. The monoisotopic (exact) mass is 393 g/mol. The zero-order valence-electron chi connectivity index (χ0n) is 16.1. The number of hydrogen-bond donors (Lipinski definition) is 0. The second-order valence-electron chi connectivity index (χ2n) is 6.85. The number of nitrogens with zero attached hydrogens (tertiary/aromatic N) is 3. The van der Waals surface area contributed by atoms with E-state index in [0.29, 0.717) is 10.1 Å². The number of thioether (sulfide) groups is 1. The Labute approximate surface area is 169 Å². The number of amides is 1. The number of rotatable bonds is 3. The van der Waals surface area contributed by atoms with Gasteiger partial charge in [-0.05, 0) is 60.2 Å². The summed E-state index contributed by atoms with van der Waals surface area (Å²) in [6.07, 6.45) is 1.97. The molecule has 0 bridgehead atoms. The number of benzene rings is 2. The number of likely N-dealkylation sites (N-methyl/N-ethyl adjacent to an activating group) is 1. The van der Waals surface area contributed by atoms with E-state index in [1.54, 1.807) is 11.9 Å². The van der Waals surface area contributed by atoms with Crippen LogP contribution >= 0.6 is 11.8 Å².